The molecule has 0 saturated heterocycles. The molecule has 0 aliphatic rings. The molecule has 1 N–H and O–H groups in total. The molecule has 0 atom stereocenters. The van der Waals surface area contributed by atoms with Crippen LogP contribution in [0.25, 0.3) is 33.5 Å². The van der Waals surface area contributed by atoms with Gasteiger partial charge < -0.3 is 9.72 Å². The van der Waals surface area contributed by atoms with E-state index in [2.05, 4.69) is 9.97 Å². The maximum Gasteiger partial charge on any atom is 0.340 e. The van der Waals surface area contributed by atoms with Gasteiger partial charge in [-0.15, -0.1) is 0 Å². The standard InChI is InChI=1S/C25H17ClFN3O2S/c1-32-25(31)19-14-21(29-23(19)18-8-5-9-20(27)22(18)26)16-10-12-28-24-17(16)11-13-30(24)33-15-6-3-2-4-7-15/h2-14,29H,1H3. The van der Waals surface area contributed by atoms with Crippen LogP contribution in [0.2, 0.25) is 5.02 Å². The van der Waals surface area contributed by atoms with Gasteiger partial charge in [-0.25, -0.2) is 14.2 Å². The molecule has 33 heavy (non-hydrogen) atoms. The minimum absolute atomic E-state index is 0.0682. The second-order valence-corrected chi connectivity index (χ2v) is 8.63. The molecule has 5 rings (SSSR count). The van der Waals surface area contributed by atoms with E-state index < -0.39 is 11.8 Å². The van der Waals surface area contributed by atoms with Gasteiger partial charge in [-0.1, -0.05) is 41.9 Å². The zero-order chi connectivity index (χ0) is 22.9. The van der Waals surface area contributed by atoms with E-state index in [1.54, 1.807) is 36.3 Å². The average molecular weight is 478 g/mol. The van der Waals surface area contributed by atoms with Crippen molar-refractivity contribution in [3.63, 3.8) is 0 Å². The third-order valence-corrected chi connectivity index (χ3v) is 6.59. The lowest BCUT2D eigenvalue weighted by Crippen LogP contribution is -2.01. The van der Waals surface area contributed by atoms with Crippen LogP contribution in [-0.4, -0.2) is 27.0 Å². The molecule has 0 saturated carbocycles. The van der Waals surface area contributed by atoms with Gasteiger partial charge in [0.15, 0.2) is 5.65 Å². The second kappa shape index (κ2) is 8.77. The Morgan fingerprint density at radius 3 is 2.70 bits per heavy atom. The van der Waals surface area contributed by atoms with Crippen molar-refractivity contribution in [3.05, 3.63) is 95.5 Å². The van der Waals surface area contributed by atoms with E-state index in [0.717, 1.165) is 21.5 Å². The Balaban J connectivity index is 1.64. The predicted molar refractivity (Wildman–Crippen MR) is 129 cm³/mol. The summed E-state index contributed by atoms with van der Waals surface area (Å²) in [5.74, 6) is -1.11. The number of rotatable bonds is 5. The van der Waals surface area contributed by atoms with Crippen molar-refractivity contribution in [2.45, 2.75) is 4.90 Å². The van der Waals surface area contributed by atoms with Crippen molar-refractivity contribution >= 4 is 40.6 Å². The number of pyridine rings is 1. The molecule has 164 valence electrons. The maximum absolute atomic E-state index is 14.1. The summed E-state index contributed by atoms with van der Waals surface area (Å²) in [4.78, 5) is 21.4. The number of fused-ring (bicyclic) bond motifs is 1. The van der Waals surface area contributed by atoms with Crippen LogP contribution in [0.15, 0.2) is 84.0 Å². The third-order valence-electron chi connectivity index (χ3n) is 5.24. The number of benzene rings is 2. The number of H-pyrrole nitrogens is 1. The Hall–Kier alpha value is -3.55. The van der Waals surface area contributed by atoms with Crippen molar-refractivity contribution in [3.8, 4) is 22.5 Å². The fraction of sp³-hybridized carbons (Fsp3) is 0.0400. The van der Waals surface area contributed by atoms with Crippen molar-refractivity contribution in [1.82, 2.24) is 13.9 Å². The van der Waals surface area contributed by atoms with Crippen molar-refractivity contribution < 1.29 is 13.9 Å². The van der Waals surface area contributed by atoms with Crippen molar-refractivity contribution in [1.29, 1.82) is 0 Å². The number of esters is 1. The normalized spacial score (nSPS) is 11.1. The van der Waals surface area contributed by atoms with E-state index in [1.165, 1.54) is 13.2 Å². The summed E-state index contributed by atoms with van der Waals surface area (Å²) in [6.45, 7) is 0. The summed E-state index contributed by atoms with van der Waals surface area (Å²) in [6.07, 6.45) is 3.67. The average Bonchev–Trinajstić information content (AvgIpc) is 3.46. The highest BCUT2D eigenvalue weighted by Gasteiger charge is 2.22. The third kappa shape index (κ3) is 3.90. The molecular weight excluding hydrogens is 461 g/mol. The molecule has 5 aromatic rings. The number of hydrogen-bond donors (Lipinski definition) is 1. The lowest BCUT2D eigenvalue weighted by atomic mass is 10.1. The monoisotopic (exact) mass is 477 g/mol. The molecule has 0 radical (unpaired) electrons. The van der Waals surface area contributed by atoms with Crippen LogP contribution in [0.5, 0.6) is 0 Å². The number of ether oxygens (including phenoxy) is 1. The number of aromatic nitrogens is 3. The fourth-order valence-corrected chi connectivity index (χ4v) is 4.78. The number of aromatic amines is 1. The van der Waals surface area contributed by atoms with Crippen molar-refractivity contribution in [2.24, 2.45) is 0 Å². The molecule has 0 unspecified atom stereocenters. The highest BCUT2D eigenvalue weighted by Crippen LogP contribution is 2.37. The Kier molecular flexibility index (Phi) is 5.66. The Labute approximate surface area is 198 Å². The summed E-state index contributed by atoms with van der Waals surface area (Å²) < 4.78 is 21.1. The first-order valence-electron chi connectivity index (χ1n) is 10.0. The van der Waals surface area contributed by atoms with Gasteiger partial charge in [-0.3, -0.25) is 3.97 Å². The zero-order valence-corrected chi connectivity index (χ0v) is 19.0. The first-order chi connectivity index (χ1) is 16.1. The highest BCUT2D eigenvalue weighted by atomic mass is 35.5. The molecule has 0 fully saturated rings. The van der Waals surface area contributed by atoms with Gasteiger partial charge in [0.2, 0.25) is 0 Å². The number of nitrogens with zero attached hydrogens (tertiary/aromatic N) is 2. The SMILES string of the molecule is COC(=O)c1cc(-c2ccnc3c2ccn3Sc2ccccc2)[nH]c1-c1cccc(F)c1Cl. The molecule has 0 aliphatic carbocycles. The van der Waals surface area contributed by atoms with E-state index in [9.17, 15) is 9.18 Å². The lowest BCUT2D eigenvalue weighted by Gasteiger charge is -2.06. The quantitative estimate of drug-likeness (QED) is 0.282. The first-order valence-corrected chi connectivity index (χ1v) is 11.2. The van der Waals surface area contributed by atoms with E-state index >= 15 is 0 Å². The minimum Gasteiger partial charge on any atom is -0.465 e. The van der Waals surface area contributed by atoms with Crippen LogP contribution in [0.3, 0.4) is 0 Å². The molecule has 3 aromatic heterocycles. The van der Waals surface area contributed by atoms with Gasteiger partial charge in [-0.05, 0) is 48.3 Å². The highest BCUT2D eigenvalue weighted by molar-refractivity contribution is 7.98. The zero-order valence-electron chi connectivity index (χ0n) is 17.4. The molecule has 0 amide bonds. The number of carbonyl (C=O) groups excluding carboxylic acids is 1. The molecule has 3 heterocycles. The largest absolute Gasteiger partial charge is 0.465 e. The topological polar surface area (TPSA) is 59.9 Å². The van der Waals surface area contributed by atoms with E-state index in [4.69, 9.17) is 16.3 Å². The van der Waals surface area contributed by atoms with Crippen LogP contribution in [0, 0.1) is 5.82 Å². The number of halogens is 2. The molecule has 8 heteroatoms. The molecule has 5 nitrogen and oxygen atoms in total. The second-order valence-electron chi connectivity index (χ2n) is 7.21. The predicted octanol–water partition coefficient (Wildman–Crippen LogP) is 6.83. The van der Waals surface area contributed by atoms with Crippen molar-refractivity contribution in [2.75, 3.05) is 7.11 Å². The van der Waals surface area contributed by atoms with Crippen LogP contribution < -0.4 is 0 Å². The van der Waals surface area contributed by atoms with E-state index in [1.807, 2.05) is 52.6 Å². The molecule has 0 bridgehead atoms. The van der Waals surface area contributed by atoms with E-state index in [0.29, 0.717) is 17.0 Å². The summed E-state index contributed by atoms with van der Waals surface area (Å²) >= 11 is 7.77. The van der Waals surface area contributed by atoms with Gasteiger partial charge >= 0.3 is 5.97 Å². The first kappa shape index (κ1) is 21.3. The Bertz CT molecular complexity index is 1480. The fourth-order valence-electron chi connectivity index (χ4n) is 3.70. The van der Waals surface area contributed by atoms with Crippen LogP contribution in [0.4, 0.5) is 4.39 Å². The van der Waals surface area contributed by atoms with Crippen LogP contribution >= 0.6 is 23.5 Å². The van der Waals surface area contributed by atoms with Gasteiger partial charge in [0.1, 0.15) is 5.82 Å². The number of methoxy groups -OCH3 is 1. The molecule has 0 aliphatic heterocycles. The maximum atomic E-state index is 14.1. The minimum atomic E-state index is -0.567. The number of carbonyl (C=O) groups is 1. The lowest BCUT2D eigenvalue weighted by molar-refractivity contribution is 0.0602. The summed E-state index contributed by atoms with van der Waals surface area (Å²) in [5, 5.41) is 0.830. The summed E-state index contributed by atoms with van der Waals surface area (Å²) in [5.41, 5.74) is 3.33. The Morgan fingerprint density at radius 1 is 1.09 bits per heavy atom. The van der Waals surface area contributed by atoms with Crippen LogP contribution in [0.1, 0.15) is 10.4 Å². The van der Waals surface area contributed by atoms with Crippen LogP contribution in [-0.2, 0) is 4.74 Å². The van der Waals surface area contributed by atoms with Gasteiger partial charge in [0, 0.05) is 39.5 Å². The molecular formula is C25H17ClFN3O2S. The van der Waals surface area contributed by atoms with Gasteiger partial charge in [-0.2, -0.15) is 0 Å². The van der Waals surface area contributed by atoms with Gasteiger partial charge in [0.05, 0.1) is 23.4 Å². The smallest absolute Gasteiger partial charge is 0.340 e. The number of hydrogen-bond acceptors (Lipinski definition) is 4. The molecule has 0 spiro atoms. The molecule has 2 aromatic carbocycles. The summed E-state index contributed by atoms with van der Waals surface area (Å²) in [7, 11) is 1.30. The summed E-state index contributed by atoms with van der Waals surface area (Å²) in [6, 6.07) is 20.0. The van der Waals surface area contributed by atoms with E-state index in [-0.39, 0.29) is 10.6 Å². The number of nitrogens with one attached hydrogen (secondary N) is 1. The Morgan fingerprint density at radius 2 is 1.91 bits per heavy atom. The van der Waals surface area contributed by atoms with Gasteiger partial charge in [0.25, 0.3) is 0 Å².